The summed E-state index contributed by atoms with van der Waals surface area (Å²) in [4.78, 5) is 123. The summed E-state index contributed by atoms with van der Waals surface area (Å²) in [6, 6.07) is 29.1. The number of pyridine rings is 2. The van der Waals surface area contributed by atoms with Gasteiger partial charge in [0.25, 0.3) is 5.91 Å². The molecule has 35 heteroatoms. The quantitative estimate of drug-likeness (QED) is 0.0169. The number of nitrogens with two attached hydrogens (primary N) is 1. The third-order valence-corrected chi connectivity index (χ3v) is 26.6. The molecule has 0 spiro atoms. The maximum atomic E-state index is 14.8. The molecule has 7 amide bonds. The number of nitrogens with one attached hydrogen (secondary N) is 5. The first-order valence-corrected chi connectivity index (χ1v) is 43.4. The summed E-state index contributed by atoms with van der Waals surface area (Å²) < 4.78 is 99.9. The Kier molecular flexibility index (Phi) is 30.9. The molecule has 0 bridgehead atoms. The fraction of sp³-hybridized carbons (Fsp3) is 0.523. The number of sulfonamides is 2. The van der Waals surface area contributed by atoms with Gasteiger partial charge in [-0.05, 0) is 129 Å². The van der Waals surface area contributed by atoms with Crippen molar-refractivity contribution in [2.45, 2.75) is 215 Å². The molecule has 0 unspecified atom stereocenters. The Bertz CT molecular complexity index is 5140. The summed E-state index contributed by atoms with van der Waals surface area (Å²) in [6.07, 6.45) is 3.24. The number of primary sulfonamides is 1. The van der Waals surface area contributed by atoms with E-state index in [0.29, 0.717) is 94.9 Å². The Morgan fingerprint density at radius 3 is 1.28 bits per heavy atom. The molecule has 664 valence electrons. The number of fused-ring (bicyclic) bond motifs is 2. The predicted molar refractivity (Wildman–Crippen MR) is 462 cm³/mol. The average molecular weight is 1960 g/mol. The van der Waals surface area contributed by atoms with Crippen molar-refractivity contribution < 1.29 is 129 Å². The molecule has 31 nitrogen and oxygen atoms in total. The number of likely N-dealkylation sites (tertiary alicyclic amines) is 2. The van der Waals surface area contributed by atoms with Gasteiger partial charge in [0.05, 0.1) is 59.2 Å². The van der Waals surface area contributed by atoms with Gasteiger partial charge in [0.15, 0.2) is 0 Å². The molecule has 6 aromatic rings. The van der Waals surface area contributed by atoms with E-state index in [1.807, 2.05) is 91.0 Å². The third-order valence-electron chi connectivity index (χ3n) is 22.5. The van der Waals surface area contributed by atoms with Crippen LogP contribution in [0.1, 0.15) is 147 Å². The van der Waals surface area contributed by atoms with Gasteiger partial charge in [-0.2, -0.15) is 0 Å². The van der Waals surface area contributed by atoms with Gasteiger partial charge in [0.2, 0.25) is 43.7 Å². The smallest absolute Gasteiger partial charge is 0.408 e. The fourth-order valence-corrected chi connectivity index (χ4v) is 17.7. The van der Waals surface area contributed by atoms with Crippen LogP contribution in [0.15, 0.2) is 135 Å². The minimum absolute atomic E-state index is 0. The molecule has 4 heterocycles. The largest absolute Gasteiger partial charge is 0.497 e. The molecule has 2 radical (unpaired) electrons. The SMILES string of the molecule is C=C[C@@H]1C[C@]1(NC(=O)[C@@H]1C[C@@H](Oc2cc(-c3ccccc3)nc3cc(OC)ccc23)CN1C(=O)[C@@H](NC(=O)OC(C)(C)C)C(C)(C)C)C(=O)NS(=O)(=O)C1(CCOC)CC1.C=C[C@@H]1C[C@]1(NC(=O)[C@@H]1C[C@@H](Oc2cc(-c3ccccc3)nc3cc(OC)ccc23)CN1C(=O)[C@@H](NC(=O)OC(C)(C)C)C(C)(C)C)C(=O)O.COCCC1(S(N)(=O)=O)CC1.[2H][B].[U]. The Morgan fingerprint density at radius 2 is 0.951 bits per heavy atom. The molecule has 4 aromatic carbocycles. The molecule has 2 saturated heterocycles. The molecule has 4 saturated carbocycles. The number of ether oxygens (including phenoxy) is 8. The fourth-order valence-electron chi connectivity index (χ4n) is 15.1. The number of carbonyl (C=O) groups excluding carboxylic acids is 7. The molecule has 2 aromatic heterocycles. The molecule has 8 N–H and O–H groups in total. The van der Waals surface area contributed by atoms with Crippen LogP contribution in [0.2, 0.25) is 0 Å². The van der Waals surface area contributed by atoms with Crippen LogP contribution in [0.5, 0.6) is 23.0 Å². The van der Waals surface area contributed by atoms with Gasteiger partial charge in [0, 0.05) is 138 Å². The minimum Gasteiger partial charge on any atom is -0.497 e. The van der Waals surface area contributed by atoms with Crippen LogP contribution in [0, 0.1) is 53.8 Å². The maximum absolute atomic E-state index is 14.8. The summed E-state index contributed by atoms with van der Waals surface area (Å²) in [5, 5.41) is 27.4. The summed E-state index contributed by atoms with van der Waals surface area (Å²) >= 11 is 0. The second-order valence-electron chi connectivity index (χ2n) is 36.0. The van der Waals surface area contributed by atoms with Crippen LogP contribution in [0.25, 0.3) is 44.3 Å². The van der Waals surface area contributed by atoms with E-state index in [-0.39, 0.29) is 82.9 Å². The summed E-state index contributed by atoms with van der Waals surface area (Å²) in [5.41, 5.74) is -2.20. The normalized spacial score (nSPS) is 22.1. The van der Waals surface area contributed by atoms with Crippen LogP contribution in [0.4, 0.5) is 9.59 Å². The number of nitrogens with zero attached hydrogens (tertiary/aromatic N) is 4. The number of aliphatic carboxylic acids is 1. The summed E-state index contributed by atoms with van der Waals surface area (Å²) in [6.45, 7) is 29.2. The van der Waals surface area contributed by atoms with Gasteiger partial charge >= 0.3 is 18.2 Å². The van der Waals surface area contributed by atoms with Crippen molar-refractivity contribution in [2.24, 2.45) is 27.8 Å². The molecule has 6 aliphatic rings. The number of methoxy groups -OCH3 is 4. The maximum Gasteiger partial charge on any atom is 0.408 e. The van der Waals surface area contributed by atoms with Crippen molar-refractivity contribution >= 4 is 97.9 Å². The number of rotatable bonds is 29. The van der Waals surface area contributed by atoms with E-state index in [1.54, 1.807) is 123 Å². The van der Waals surface area contributed by atoms with E-state index in [9.17, 15) is 60.3 Å². The van der Waals surface area contributed by atoms with E-state index < -0.39 is 159 Å². The first-order chi connectivity index (χ1) is 57.6. The monoisotopic (exact) mass is 1960 g/mol. The van der Waals surface area contributed by atoms with Crippen LogP contribution >= 0.6 is 0 Å². The van der Waals surface area contributed by atoms with Crippen molar-refractivity contribution in [1.29, 1.82) is 1.34 Å². The topological polar surface area (TPSA) is 417 Å². The van der Waals surface area contributed by atoms with E-state index in [1.165, 1.54) is 29.1 Å². The second-order valence-corrected chi connectivity index (χ2v) is 40.0. The molecule has 10 atom stereocenters. The van der Waals surface area contributed by atoms with Crippen LogP contribution in [-0.2, 0) is 67.8 Å². The number of benzene rings is 4. The Labute approximate surface area is 747 Å². The van der Waals surface area contributed by atoms with Crippen molar-refractivity contribution in [3.63, 3.8) is 0 Å². The van der Waals surface area contributed by atoms with Crippen molar-refractivity contribution in [2.75, 3.05) is 54.7 Å². The van der Waals surface area contributed by atoms with Crippen LogP contribution in [0.3, 0.4) is 0 Å². The standard InChI is InChI=1S/C44H57N5O10S.C38H46N4O8.C6H13NO3S.BH.U/c1-10-28-25-44(28,39(52)48-60(54,55)43(18-19-43)20-21-56-8)47-37(50)34-23-30(26-49(34)38(51)36(41(2,3)4)46-40(53)59-42(5,6)7)58-35-24-32(27-14-12-11-13-15-27)45-33-22-29(57-9)16-17-31(33)35;1-9-23-20-38(23,34(45)46)41-32(43)29-18-25(21-42(29)33(44)31(36(2,3)4)40-35(47)50-37(5,6)7)49-30-19-27(22-13-11-10-12-14-22)39-28-17-24(48-8)15-16-26(28)30;1-10-5-4-6(2-3-6)11(7,8)9;;/h10-17,22,24,28,30,34,36H,1,18-21,23,25-26H2,2-9H3,(H,46,53)(H,47,50)(H,48,52);9-17,19,23,25,29,31H,1,18,20-21H2,2-8H3,(H,40,47)(H,41,43)(H,45,46);2-5H2,1H3,(H2,7,8,9);1H;/t28-,30-,34+,36-,44-;23-,25-,29+,31-,38-;;;/m11.../s1/i;;;1D;. The number of carbonyl (C=O) groups is 8. The van der Waals surface area contributed by atoms with Crippen LogP contribution < -0.4 is 50.1 Å². The number of alkyl carbamates (subject to hydrolysis) is 2. The van der Waals surface area contributed by atoms with Crippen molar-refractivity contribution in [1.82, 2.24) is 45.8 Å². The number of carboxylic acids is 1. The Morgan fingerprint density at radius 1 is 0.577 bits per heavy atom. The van der Waals surface area contributed by atoms with E-state index in [2.05, 4.69) is 47.5 Å². The molecule has 2 aliphatic heterocycles. The first kappa shape index (κ1) is 97.4. The predicted octanol–water partition coefficient (Wildman–Crippen LogP) is 9.81. The van der Waals surface area contributed by atoms with E-state index in [4.69, 9.17) is 54.3 Å². The van der Waals surface area contributed by atoms with Gasteiger partial charge in [-0.15, -0.1) is 13.2 Å². The number of amides is 7. The van der Waals surface area contributed by atoms with Gasteiger partial charge in [-0.3, -0.25) is 28.7 Å². The van der Waals surface area contributed by atoms with Crippen molar-refractivity contribution in [3.8, 4) is 45.5 Å². The zero-order valence-corrected chi connectivity index (χ0v) is 78.6. The van der Waals surface area contributed by atoms with Gasteiger partial charge in [-0.1, -0.05) is 114 Å². The number of aromatic nitrogens is 2. The first-order valence-electron chi connectivity index (χ1n) is 40.9. The van der Waals surface area contributed by atoms with Crippen molar-refractivity contribution in [3.05, 3.63) is 135 Å². The molecule has 6 fully saturated rings. The molecular weight excluding hydrogens is 1850 g/mol. The van der Waals surface area contributed by atoms with Gasteiger partial charge in [-0.25, -0.2) is 46.3 Å². The Hall–Kier alpha value is -9.36. The molecule has 4 aliphatic carbocycles. The molecule has 123 heavy (non-hydrogen) atoms. The summed E-state index contributed by atoms with van der Waals surface area (Å²) in [5.74, 6) is -3.33. The molecular formula is C88H117BN10O21S2U. The van der Waals surface area contributed by atoms with Crippen LogP contribution in [-0.4, -0.2) is 222 Å². The van der Waals surface area contributed by atoms with E-state index >= 15 is 0 Å². The zero-order chi connectivity index (χ0) is 91.0. The zero-order valence-electron chi connectivity index (χ0n) is 73.9. The summed E-state index contributed by atoms with van der Waals surface area (Å²) in [7, 11) is 2.45. The number of carboxylic acid groups (broad SMARTS) is 1. The minimum atomic E-state index is -4.13. The second kappa shape index (κ2) is 39.0. The number of hydrogen-bond acceptors (Lipinski definition) is 22. The Balaban J connectivity index is 0.000000269. The van der Waals surface area contributed by atoms with Gasteiger partial charge in [0.1, 0.15) is 81.7 Å². The number of hydrogen-bond donors (Lipinski definition) is 7. The molecule has 12 rings (SSSR count). The average Bonchev–Trinajstić information content (AvgIpc) is 1.55. The van der Waals surface area contributed by atoms with Gasteiger partial charge < -0.3 is 74.1 Å². The van der Waals surface area contributed by atoms with E-state index in [0.717, 1.165) is 11.1 Å². The third kappa shape index (κ3) is 23.6.